The normalized spacial score (nSPS) is 17.6. The molecule has 0 aromatic heterocycles. The van der Waals surface area contributed by atoms with Gasteiger partial charge in [-0.3, -0.25) is 9.69 Å². The fourth-order valence-corrected chi connectivity index (χ4v) is 3.46. The maximum Gasteiger partial charge on any atom is 0.307 e. The summed E-state index contributed by atoms with van der Waals surface area (Å²) in [6.45, 7) is 8.46. The van der Waals surface area contributed by atoms with Gasteiger partial charge in [0.1, 0.15) is 17.1 Å². The van der Waals surface area contributed by atoms with Crippen LogP contribution in [0.2, 0.25) is 10.0 Å². The van der Waals surface area contributed by atoms with Crippen molar-refractivity contribution >= 4 is 29.2 Å². The molecule has 3 rings (SSSR count). The van der Waals surface area contributed by atoms with E-state index in [1.54, 1.807) is 18.2 Å². The smallest absolute Gasteiger partial charge is 0.307 e. The van der Waals surface area contributed by atoms with E-state index in [-0.39, 0.29) is 12.1 Å². The molecule has 0 aliphatic carbocycles. The molecular weight excluding hydrogens is 425 g/mol. The fraction of sp³-hybridized carbons (Fsp3) is 0.435. The molecule has 0 radical (unpaired) electrons. The lowest BCUT2D eigenvalue weighted by Crippen LogP contribution is -2.39. The summed E-state index contributed by atoms with van der Waals surface area (Å²) in [5.74, 6) is 1.16. The van der Waals surface area contributed by atoms with Crippen molar-refractivity contribution in [3.63, 3.8) is 0 Å². The molecule has 7 heteroatoms. The van der Waals surface area contributed by atoms with Gasteiger partial charge in [0.05, 0.1) is 29.2 Å². The van der Waals surface area contributed by atoms with Crippen molar-refractivity contribution in [3.8, 4) is 11.5 Å². The van der Waals surface area contributed by atoms with E-state index in [0.29, 0.717) is 41.1 Å². The van der Waals surface area contributed by atoms with Gasteiger partial charge in [0.15, 0.2) is 0 Å². The van der Waals surface area contributed by atoms with Crippen molar-refractivity contribution in [2.24, 2.45) is 0 Å². The fourth-order valence-electron chi connectivity index (χ4n) is 3.18. The third-order valence-electron chi connectivity index (χ3n) is 4.58. The molecule has 5 nitrogen and oxygen atoms in total. The van der Waals surface area contributed by atoms with Gasteiger partial charge in [0.25, 0.3) is 0 Å². The van der Waals surface area contributed by atoms with Gasteiger partial charge in [0, 0.05) is 25.7 Å². The van der Waals surface area contributed by atoms with Gasteiger partial charge >= 0.3 is 5.97 Å². The minimum atomic E-state index is -0.453. The monoisotopic (exact) mass is 451 g/mol. The molecule has 0 N–H and O–H groups in total. The van der Waals surface area contributed by atoms with E-state index < -0.39 is 5.60 Å². The first-order chi connectivity index (χ1) is 14.2. The predicted octanol–water partition coefficient (Wildman–Crippen LogP) is 5.89. The number of halogens is 2. The highest BCUT2D eigenvalue weighted by Gasteiger charge is 2.23. The highest BCUT2D eigenvalue weighted by Crippen LogP contribution is 2.30. The Morgan fingerprint density at radius 1 is 1.10 bits per heavy atom. The summed E-state index contributed by atoms with van der Waals surface area (Å²) in [4.78, 5) is 14.2. The molecule has 1 fully saturated rings. The Bertz CT molecular complexity index is 864. The molecule has 0 amide bonds. The van der Waals surface area contributed by atoms with Crippen LogP contribution in [0.4, 0.5) is 0 Å². The van der Waals surface area contributed by atoms with Gasteiger partial charge < -0.3 is 14.2 Å². The SMILES string of the molecule is CC(C)(C)OC(=O)CCN1CCOC(c2ccc(Oc3ccc(Cl)c(Cl)c3)cc2)C1. The maximum atomic E-state index is 12.0. The van der Waals surface area contributed by atoms with Crippen LogP contribution in [0, 0.1) is 0 Å². The molecule has 162 valence electrons. The van der Waals surface area contributed by atoms with Crippen LogP contribution < -0.4 is 4.74 Å². The topological polar surface area (TPSA) is 48.0 Å². The van der Waals surface area contributed by atoms with E-state index in [1.807, 2.05) is 45.0 Å². The number of hydrogen-bond acceptors (Lipinski definition) is 5. The van der Waals surface area contributed by atoms with Crippen LogP contribution in [0.15, 0.2) is 42.5 Å². The first-order valence-electron chi connectivity index (χ1n) is 9.98. The van der Waals surface area contributed by atoms with E-state index in [4.69, 9.17) is 37.4 Å². The minimum Gasteiger partial charge on any atom is -0.460 e. The van der Waals surface area contributed by atoms with Gasteiger partial charge in [-0.05, 0) is 50.6 Å². The zero-order valence-electron chi connectivity index (χ0n) is 17.5. The summed E-state index contributed by atoms with van der Waals surface area (Å²) in [7, 11) is 0. The average Bonchev–Trinajstić information content (AvgIpc) is 2.69. The predicted molar refractivity (Wildman–Crippen MR) is 119 cm³/mol. The first kappa shape index (κ1) is 22.9. The van der Waals surface area contributed by atoms with Gasteiger partial charge in [-0.2, -0.15) is 0 Å². The molecule has 0 spiro atoms. The van der Waals surface area contributed by atoms with E-state index >= 15 is 0 Å². The standard InChI is InChI=1S/C23H27Cl2NO4/c1-23(2,3)30-22(27)10-11-26-12-13-28-21(15-26)16-4-6-17(7-5-16)29-18-8-9-19(24)20(25)14-18/h4-9,14,21H,10-13,15H2,1-3H3. The van der Waals surface area contributed by atoms with Crippen molar-refractivity contribution in [1.29, 1.82) is 0 Å². The Kier molecular flexibility index (Phi) is 7.64. The number of rotatable bonds is 6. The summed E-state index contributed by atoms with van der Waals surface area (Å²) in [5.41, 5.74) is 0.615. The number of morpholine rings is 1. The average molecular weight is 452 g/mol. The van der Waals surface area contributed by atoms with Crippen molar-refractivity contribution in [1.82, 2.24) is 4.90 Å². The number of carbonyl (C=O) groups is 1. The highest BCUT2D eigenvalue weighted by atomic mass is 35.5. The molecule has 1 saturated heterocycles. The largest absolute Gasteiger partial charge is 0.460 e. The number of nitrogens with zero attached hydrogens (tertiary/aromatic N) is 1. The first-order valence-corrected chi connectivity index (χ1v) is 10.7. The molecule has 1 heterocycles. The second-order valence-corrected chi connectivity index (χ2v) is 9.06. The van der Waals surface area contributed by atoms with E-state index in [1.165, 1.54) is 0 Å². The zero-order chi connectivity index (χ0) is 21.7. The number of benzene rings is 2. The molecule has 30 heavy (non-hydrogen) atoms. The Hall–Kier alpha value is -1.79. The lowest BCUT2D eigenvalue weighted by Gasteiger charge is -2.33. The van der Waals surface area contributed by atoms with Crippen LogP contribution in [-0.4, -0.2) is 42.7 Å². The van der Waals surface area contributed by atoms with Gasteiger partial charge in [-0.25, -0.2) is 0 Å². The van der Waals surface area contributed by atoms with Crippen molar-refractivity contribution in [3.05, 3.63) is 58.1 Å². The number of ether oxygens (including phenoxy) is 3. The molecule has 2 aromatic rings. The Morgan fingerprint density at radius 3 is 2.47 bits per heavy atom. The van der Waals surface area contributed by atoms with Crippen LogP contribution in [0.25, 0.3) is 0 Å². The minimum absolute atomic E-state index is 0.0450. The van der Waals surface area contributed by atoms with Crippen LogP contribution in [0.3, 0.4) is 0 Å². The molecule has 2 aromatic carbocycles. The lowest BCUT2D eigenvalue weighted by molar-refractivity contribution is -0.155. The van der Waals surface area contributed by atoms with Gasteiger partial charge in [-0.1, -0.05) is 35.3 Å². The zero-order valence-corrected chi connectivity index (χ0v) is 19.0. The maximum absolute atomic E-state index is 12.0. The van der Waals surface area contributed by atoms with Crippen LogP contribution in [-0.2, 0) is 14.3 Å². The lowest BCUT2D eigenvalue weighted by atomic mass is 10.1. The van der Waals surface area contributed by atoms with E-state index in [0.717, 1.165) is 18.7 Å². The molecule has 1 aliphatic rings. The van der Waals surface area contributed by atoms with E-state index in [2.05, 4.69) is 4.90 Å². The Balaban J connectivity index is 1.54. The second-order valence-electron chi connectivity index (χ2n) is 8.24. The summed E-state index contributed by atoms with van der Waals surface area (Å²) < 4.78 is 17.2. The summed E-state index contributed by atoms with van der Waals surface area (Å²) in [5, 5.41) is 0.943. The Morgan fingerprint density at radius 2 is 1.80 bits per heavy atom. The molecule has 1 atom stereocenters. The molecule has 0 saturated carbocycles. The number of esters is 1. The van der Waals surface area contributed by atoms with Gasteiger partial charge in [0.2, 0.25) is 0 Å². The van der Waals surface area contributed by atoms with Crippen molar-refractivity contribution in [2.75, 3.05) is 26.2 Å². The Labute approximate surface area is 187 Å². The van der Waals surface area contributed by atoms with Crippen LogP contribution >= 0.6 is 23.2 Å². The quantitative estimate of drug-likeness (QED) is 0.512. The van der Waals surface area contributed by atoms with Crippen molar-refractivity contribution in [2.45, 2.75) is 38.9 Å². The number of hydrogen-bond donors (Lipinski definition) is 0. The summed E-state index contributed by atoms with van der Waals surface area (Å²) in [6.07, 6.45) is 0.330. The molecule has 0 bridgehead atoms. The summed E-state index contributed by atoms with van der Waals surface area (Å²) >= 11 is 12.0. The molecular formula is C23H27Cl2NO4. The van der Waals surface area contributed by atoms with Crippen molar-refractivity contribution < 1.29 is 19.0 Å². The van der Waals surface area contributed by atoms with Crippen LogP contribution in [0.1, 0.15) is 38.9 Å². The third-order valence-corrected chi connectivity index (χ3v) is 5.32. The highest BCUT2D eigenvalue weighted by molar-refractivity contribution is 6.42. The van der Waals surface area contributed by atoms with E-state index in [9.17, 15) is 4.79 Å². The molecule has 1 aliphatic heterocycles. The summed E-state index contributed by atoms with van der Waals surface area (Å²) in [6, 6.07) is 13.0. The third kappa shape index (κ3) is 6.88. The second kappa shape index (κ2) is 10.0. The van der Waals surface area contributed by atoms with Crippen LogP contribution in [0.5, 0.6) is 11.5 Å². The number of carbonyl (C=O) groups excluding carboxylic acids is 1. The molecule has 1 unspecified atom stereocenters. The van der Waals surface area contributed by atoms with Gasteiger partial charge in [-0.15, -0.1) is 0 Å².